The number of allylic oxidation sites excluding steroid dienone is 3. The van der Waals surface area contributed by atoms with Crippen LogP contribution in [0.25, 0.3) is 0 Å². The molecule has 2 aliphatic carbocycles. The number of benzene rings is 1. The molecule has 0 saturated heterocycles. The third kappa shape index (κ3) is 5.54. The number of Topliss-reactive ketones (excluding diaryl/α,β-unsaturated/α-hetero) is 2. The summed E-state index contributed by atoms with van der Waals surface area (Å²) in [7, 11) is 0. The van der Waals surface area contributed by atoms with Gasteiger partial charge in [0.15, 0.2) is 5.78 Å². The van der Waals surface area contributed by atoms with Crippen LogP contribution in [0.1, 0.15) is 57.4 Å². The first-order chi connectivity index (χ1) is 14.1. The molecule has 29 heavy (non-hydrogen) atoms. The van der Waals surface area contributed by atoms with Crippen LogP contribution in [0.5, 0.6) is 0 Å². The van der Waals surface area contributed by atoms with Crippen LogP contribution < -0.4 is 0 Å². The maximum Gasteiger partial charge on any atom is 0.309 e. The number of carbonyl (C=O) groups excluding carboxylic acids is 3. The second-order valence-corrected chi connectivity index (χ2v) is 7.44. The van der Waals surface area contributed by atoms with E-state index in [1.807, 2.05) is 30.3 Å². The Morgan fingerprint density at radius 3 is 2.66 bits per heavy atom. The quantitative estimate of drug-likeness (QED) is 0.536. The van der Waals surface area contributed by atoms with Crippen LogP contribution in [-0.4, -0.2) is 24.1 Å². The van der Waals surface area contributed by atoms with Crippen LogP contribution in [0, 0.1) is 17.8 Å². The minimum atomic E-state index is -0.435. The normalized spacial score (nSPS) is 18.7. The molecule has 4 heteroatoms. The summed E-state index contributed by atoms with van der Waals surface area (Å²) in [5.74, 6) is 4.48. The van der Waals surface area contributed by atoms with Crippen LogP contribution in [0.3, 0.4) is 0 Å². The molecule has 1 aromatic carbocycles. The number of esters is 1. The number of rotatable bonds is 6. The van der Waals surface area contributed by atoms with E-state index in [0.29, 0.717) is 18.6 Å². The molecule has 0 aromatic heterocycles. The van der Waals surface area contributed by atoms with Crippen LogP contribution in [-0.2, 0) is 19.1 Å². The maximum atomic E-state index is 13.1. The van der Waals surface area contributed by atoms with Gasteiger partial charge in [-0.1, -0.05) is 30.2 Å². The van der Waals surface area contributed by atoms with E-state index < -0.39 is 5.92 Å². The molecule has 4 nitrogen and oxygen atoms in total. The summed E-state index contributed by atoms with van der Waals surface area (Å²) in [4.78, 5) is 37.5. The SMILES string of the molecule is CCOC(=O)CC1=C(C2=CCCCC2)C(=O)[C@@H](CC(=O)C#Cc2ccccc2)C1. The van der Waals surface area contributed by atoms with E-state index in [1.54, 1.807) is 6.92 Å². The van der Waals surface area contributed by atoms with Crippen molar-refractivity contribution < 1.29 is 19.1 Å². The minimum Gasteiger partial charge on any atom is -0.466 e. The van der Waals surface area contributed by atoms with Gasteiger partial charge in [-0.15, -0.1) is 0 Å². The Morgan fingerprint density at radius 2 is 1.97 bits per heavy atom. The molecular formula is C25H26O4. The first-order valence-electron chi connectivity index (χ1n) is 10.3. The lowest BCUT2D eigenvalue weighted by Gasteiger charge is -2.15. The van der Waals surface area contributed by atoms with Gasteiger partial charge in [-0.25, -0.2) is 0 Å². The molecule has 0 N–H and O–H groups in total. The molecule has 0 amide bonds. The zero-order chi connectivity index (χ0) is 20.6. The van der Waals surface area contributed by atoms with Gasteiger partial charge in [0.05, 0.1) is 13.0 Å². The van der Waals surface area contributed by atoms with Gasteiger partial charge in [-0.3, -0.25) is 14.4 Å². The second-order valence-electron chi connectivity index (χ2n) is 7.44. The van der Waals surface area contributed by atoms with E-state index >= 15 is 0 Å². The van der Waals surface area contributed by atoms with Crippen LogP contribution in [0.15, 0.2) is 53.1 Å². The number of hydrogen-bond donors (Lipinski definition) is 0. The lowest BCUT2D eigenvalue weighted by molar-refractivity contribution is -0.142. The van der Waals surface area contributed by atoms with Crippen molar-refractivity contribution in [2.75, 3.05) is 6.61 Å². The van der Waals surface area contributed by atoms with E-state index in [0.717, 1.165) is 42.4 Å². The highest BCUT2D eigenvalue weighted by Crippen LogP contribution is 2.39. The van der Waals surface area contributed by atoms with Crippen LogP contribution in [0.2, 0.25) is 0 Å². The van der Waals surface area contributed by atoms with Gasteiger partial charge in [0.1, 0.15) is 0 Å². The first kappa shape index (κ1) is 20.8. The average molecular weight is 390 g/mol. The lowest BCUT2D eigenvalue weighted by Crippen LogP contribution is -2.15. The zero-order valence-electron chi connectivity index (χ0n) is 16.8. The minimum absolute atomic E-state index is 0.0210. The summed E-state index contributed by atoms with van der Waals surface area (Å²) in [5, 5.41) is 0. The summed E-state index contributed by atoms with van der Waals surface area (Å²) in [6.07, 6.45) is 6.71. The fourth-order valence-corrected chi connectivity index (χ4v) is 3.97. The Balaban J connectivity index is 1.74. The Morgan fingerprint density at radius 1 is 1.17 bits per heavy atom. The van der Waals surface area contributed by atoms with Gasteiger partial charge >= 0.3 is 5.97 Å². The monoisotopic (exact) mass is 390 g/mol. The lowest BCUT2D eigenvalue weighted by atomic mass is 9.89. The number of ether oxygens (including phenoxy) is 1. The average Bonchev–Trinajstić information content (AvgIpc) is 3.02. The molecule has 0 radical (unpaired) electrons. The van der Waals surface area contributed by atoms with Crippen LogP contribution in [0.4, 0.5) is 0 Å². The Hall–Kier alpha value is -2.93. The fraction of sp³-hybridized carbons (Fsp3) is 0.400. The molecule has 2 aliphatic rings. The van der Waals surface area contributed by atoms with Gasteiger partial charge in [-0.05, 0) is 68.2 Å². The van der Waals surface area contributed by atoms with Gasteiger partial charge in [0.25, 0.3) is 0 Å². The molecule has 0 bridgehead atoms. The molecule has 0 fully saturated rings. The number of carbonyl (C=O) groups is 3. The molecule has 1 atom stereocenters. The van der Waals surface area contributed by atoms with E-state index in [4.69, 9.17) is 4.74 Å². The number of ketones is 2. The van der Waals surface area contributed by atoms with E-state index in [1.165, 1.54) is 0 Å². The van der Waals surface area contributed by atoms with Crippen molar-refractivity contribution in [3.63, 3.8) is 0 Å². The molecule has 1 aromatic rings. The van der Waals surface area contributed by atoms with E-state index in [-0.39, 0.29) is 30.4 Å². The molecule has 0 aliphatic heterocycles. The predicted molar refractivity (Wildman–Crippen MR) is 111 cm³/mol. The third-order valence-corrected chi connectivity index (χ3v) is 5.29. The highest BCUT2D eigenvalue weighted by Gasteiger charge is 2.36. The van der Waals surface area contributed by atoms with Crippen molar-refractivity contribution in [1.29, 1.82) is 0 Å². The van der Waals surface area contributed by atoms with Crippen molar-refractivity contribution >= 4 is 17.5 Å². The van der Waals surface area contributed by atoms with Crippen molar-refractivity contribution in [2.24, 2.45) is 5.92 Å². The summed E-state index contributed by atoms with van der Waals surface area (Å²) in [6.45, 7) is 2.08. The molecule has 0 heterocycles. The third-order valence-electron chi connectivity index (χ3n) is 5.29. The van der Waals surface area contributed by atoms with Gasteiger partial charge in [0, 0.05) is 23.5 Å². The predicted octanol–water partition coefficient (Wildman–Crippen LogP) is 4.34. The molecule has 0 unspecified atom stereocenters. The Kier molecular flexibility index (Phi) is 7.19. The highest BCUT2D eigenvalue weighted by molar-refractivity contribution is 6.08. The van der Waals surface area contributed by atoms with E-state index in [9.17, 15) is 14.4 Å². The maximum absolute atomic E-state index is 13.1. The summed E-state index contributed by atoms with van der Waals surface area (Å²) >= 11 is 0. The topological polar surface area (TPSA) is 60.4 Å². The fourth-order valence-electron chi connectivity index (χ4n) is 3.97. The van der Waals surface area contributed by atoms with Crippen LogP contribution >= 0.6 is 0 Å². The van der Waals surface area contributed by atoms with Crippen molar-refractivity contribution in [1.82, 2.24) is 0 Å². The van der Waals surface area contributed by atoms with Gasteiger partial charge in [0.2, 0.25) is 5.78 Å². The van der Waals surface area contributed by atoms with Crippen molar-refractivity contribution in [3.05, 3.63) is 58.7 Å². The first-order valence-corrected chi connectivity index (χ1v) is 10.3. The Labute approximate surface area is 172 Å². The molecule has 0 saturated carbocycles. The standard InChI is InChI=1S/C25H26O4/c1-2-29-23(27)17-20-15-21(25(28)24(20)19-11-7-4-8-12-19)16-22(26)14-13-18-9-5-3-6-10-18/h3,5-6,9-11,21H,2,4,7-8,12,15-17H2,1H3/t21-/m1/s1. The highest BCUT2D eigenvalue weighted by atomic mass is 16.5. The summed E-state index contributed by atoms with van der Waals surface area (Å²) in [5.41, 5.74) is 3.29. The largest absolute Gasteiger partial charge is 0.466 e. The summed E-state index contributed by atoms with van der Waals surface area (Å²) in [6, 6.07) is 9.30. The second kappa shape index (κ2) is 10.0. The van der Waals surface area contributed by atoms with Crippen molar-refractivity contribution in [3.8, 4) is 11.8 Å². The van der Waals surface area contributed by atoms with Gasteiger partial charge < -0.3 is 4.74 Å². The van der Waals surface area contributed by atoms with Crippen molar-refractivity contribution in [2.45, 2.75) is 51.9 Å². The molecular weight excluding hydrogens is 364 g/mol. The molecule has 3 rings (SSSR count). The molecule has 150 valence electrons. The Bertz CT molecular complexity index is 909. The molecule has 0 spiro atoms. The van der Waals surface area contributed by atoms with Gasteiger partial charge in [-0.2, -0.15) is 0 Å². The smallest absolute Gasteiger partial charge is 0.309 e. The summed E-state index contributed by atoms with van der Waals surface area (Å²) < 4.78 is 5.09. The number of hydrogen-bond acceptors (Lipinski definition) is 4. The van der Waals surface area contributed by atoms with E-state index in [2.05, 4.69) is 17.9 Å². The zero-order valence-corrected chi connectivity index (χ0v) is 16.8.